The van der Waals surface area contributed by atoms with Crippen LogP contribution in [0.2, 0.25) is 0 Å². The van der Waals surface area contributed by atoms with E-state index in [4.69, 9.17) is 4.42 Å². The molecule has 0 spiro atoms. The molecule has 3 heteroatoms. The van der Waals surface area contributed by atoms with E-state index in [1.54, 1.807) is 0 Å². The predicted molar refractivity (Wildman–Crippen MR) is 83.7 cm³/mol. The molecule has 1 heterocycles. The van der Waals surface area contributed by atoms with Gasteiger partial charge in [0.2, 0.25) is 0 Å². The van der Waals surface area contributed by atoms with Gasteiger partial charge in [-0.1, -0.05) is 19.1 Å². The molecule has 1 atom stereocenters. The van der Waals surface area contributed by atoms with Gasteiger partial charge in [0.1, 0.15) is 11.5 Å². The van der Waals surface area contributed by atoms with Gasteiger partial charge in [-0.05, 0) is 60.3 Å². The molecule has 0 aliphatic rings. The van der Waals surface area contributed by atoms with Crippen molar-refractivity contribution in [2.24, 2.45) is 0 Å². The second-order valence-corrected chi connectivity index (χ2v) is 5.68. The number of nitrogens with one attached hydrogen (secondary N) is 1. The van der Waals surface area contributed by atoms with Crippen LogP contribution in [-0.4, -0.2) is 12.6 Å². The maximum Gasteiger partial charge on any atom is 0.134 e. The van der Waals surface area contributed by atoms with E-state index in [2.05, 4.69) is 78.2 Å². The molecule has 0 bridgehead atoms. The minimum Gasteiger partial charge on any atom is -0.461 e. The van der Waals surface area contributed by atoms with Gasteiger partial charge < -0.3 is 9.73 Å². The van der Waals surface area contributed by atoms with Crippen molar-refractivity contribution in [2.45, 2.75) is 26.3 Å². The van der Waals surface area contributed by atoms with Gasteiger partial charge >= 0.3 is 0 Å². The Balaban J connectivity index is 2.10. The highest BCUT2D eigenvalue weighted by atomic mass is 127. The van der Waals surface area contributed by atoms with Crippen LogP contribution in [0.5, 0.6) is 0 Å². The molecule has 0 saturated carbocycles. The molecule has 1 aromatic heterocycles. The number of furan rings is 1. The molecule has 0 fully saturated rings. The van der Waals surface area contributed by atoms with Crippen LogP contribution in [0.4, 0.5) is 0 Å². The molecule has 0 saturated heterocycles. The first-order chi connectivity index (χ1) is 8.69. The van der Waals surface area contributed by atoms with Crippen molar-refractivity contribution in [2.75, 3.05) is 6.54 Å². The zero-order valence-electron chi connectivity index (χ0n) is 10.7. The smallest absolute Gasteiger partial charge is 0.134 e. The van der Waals surface area contributed by atoms with E-state index < -0.39 is 0 Å². The first kappa shape index (κ1) is 13.6. The number of benzene rings is 1. The van der Waals surface area contributed by atoms with Crippen LogP contribution >= 0.6 is 22.6 Å². The minimum absolute atomic E-state index is 0.449. The summed E-state index contributed by atoms with van der Waals surface area (Å²) < 4.78 is 7.12. The molecular formula is C15H18INO. The van der Waals surface area contributed by atoms with Crippen LogP contribution in [0.25, 0.3) is 11.3 Å². The number of hydrogen-bond donors (Lipinski definition) is 1. The Hall–Kier alpha value is -0.810. The fourth-order valence-electron chi connectivity index (χ4n) is 2.01. The Morgan fingerprint density at radius 2 is 2.11 bits per heavy atom. The largest absolute Gasteiger partial charge is 0.461 e. The van der Waals surface area contributed by atoms with Crippen molar-refractivity contribution >= 4 is 22.6 Å². The van der Waals surface area contributed by atoms with Gasteiger partial charge in [-0.2, -0.15) is 0 Å². The van der Waals surface area contributed by atoms with Gasteiger partial charge in [-0.15, -0.1) is 0 Å². The minimum atomic E-state index is 0.449. The average Bonchev–Trinajstić information content (AvgIpc) is 2.78. The SMILES string of the molecule is CCNC(C)Cc1ccc(-c2cccc(I)c2)o1. The Bertz CT molecular complexity index is 507. The quantitative estimate of drug-likeness (QED) is 0.818. The van der Waals surface area contributed by atoms with E-state index in [9.17, 15) is 0 Å². The zero-order chi connectivity index (χ0) is 13.0. The third-order valence-corrected chi connectivity index (χ3v) is 3.50. The van der Waals surface area contributed by atoms with Gasteiger partial charge in [0.05, 0.1) is 0 Å². The number of halogens is 1. The van der Waals surface area contributed by atoms with Crippen molar-refractivity contribution < 1.29 is 4.42 Å². The van der Waals surface area contributed by atoms with Crippen LogP contribution in [-0.2, 0) is 6.42 Å². The first-order valence-corrected chi connectivity index (χ1v) is 7.35. The summed E-state index contributed by atoms with van der Waals surface area (Å²) in [5.74, 6) is 1.99. The second kappa shape index (κ2) is 6.38. The zero-order valence-corrected chi connectivity index (χ0v) is 12.9. The summed E-state index contributed by atoms with van der Waals surface area (Å²) in [6.07, 6.45) is 0.928. The number of hydrogen-bond acceptors (Lipinski definition) is 2. The summed E-state index contributed by atoms with van der Waals surface area (Å²) in [6.45, 7) is 5.29. The lowest BCUT2D eigenvalue weighted by atomic mass is 10.2. The van der Waals surface area contributed by atoms with Crippen LogP contribution in [0.15, 0.2) is 40.8 Å². The van der Waals surface area contributed by atoms with E-state index in [0.717, 1.165) is 30.0 Å². The molecule has 0 amide bonds. The maximum absolute atomic E-state index is 5.90. The molecular weight excluding hydrogens is 337 g/mol. The first-order valence-electron chi connectivity index (χ1n) is 6.27. The average molecular weight is 355 g/mol. The Labute approximate surface area is 122 Å². The van der Waals surface area contributed by atoms with Gasteiger partial charge in [-0.3, -0.25) is 0 Å². The topological polar surface area (TPSA) is 25.2 Å². The lowest BCUT2D eigenvalue weighted by molar-refractivity contribution is 0.470. The van der Waals surface area contributed by atoms with Gasteiger partial charge in [0.15, 0.2) is 0 Å². The predicted octanol–water partition coefficient (Wildman–Crippen LogP) is 4.09. The summed E-state index contributed by atoms with van der Waals surface area (Å²) in [7, 11) is 0. The summed E-state index contributed by atoms with van der Waals surface area (Å²) in [6, 6.07) is 12.9. The van der Waals surface area contributed by atoms with Crippen molar-refractivity contribution in [1.82, 2.24) is 5.32 Å². The van der Waals surface area contributed by atoms with E-state index in [-0.39, 0.29) is 0 Å². The Kier molecular flexibility index (Phi) is 4.83. The molecule has 1 aromatic carbocycles. The summed E-state index contributed by atoms with van der Waals surface area (Å²) >= 11 is 2.32. The monoisotopic (exact) mass is 355 g/mol. The van der Waals surface area contributed by atoms with E-state index >= 15 is 0 Å². The van der Waals surface area contributed by atoms with Crippen molar-refractivity contribution in [3.8, 4) is 11.3 Å². The van der Waals surface area contributed by atoms with Gasteiger partial charge in [0, 0.05) is 21.6 Å². The fourth-order valence-corrected chi connectivity index (χ4v) is 2.55. The maximum atomic E-state index is 5.90. The second-order valence-electron chi connectivity index (χ2n) is 4.44. The lowest BCUT2D eigenvalue weighted by Crippen LogP contribution is -2.27. The molecule has 0 aliphatic carbocycles. The highest BCUT2D eigenvalue weighted by Crippen LogP contribution is 2.24. The molecule has 96 valence electrons. The van der Waals surface area contributed by atoms with Gasteiger partial charge in [-0.25, -0.2) is 0 Å². The molecule has 2 aromatic rings. The summed E-state index contributed by atoms with van der Waals surface area (Å²) in [5, 5.41) is 3.39. The Morgan fingerprint density at radius 3 is 2.83 bits per heavy atom. The summed E-state index contributed by atoms with van der Waals surface area (Å²) in [4.78, 5) is 0. The lowest BCUT2D eigenvalue weighted by Gasteiger charge is -2.09. The van der Waals surface area contributed by atoms with Gasteiger partial charge in [0.25, 0.3) is 0 Å². The van der Waals surface area contributed by atoms with Crippen LogP contribution in [0, 0.1) is 3.57 Å². The van der Waals surface area contributed by atoms with E-state index in [1.165, 1.54) is 3.57 Å². The van der Waals surface area contributed by atoms with E-state index in [1.807, 2.05) is 0 Å². The molecule has 1 unspecified atom stereocenters. The van der Waals surface area contributed by atoms with Crippen molar-refractivity contribution in [3.63, 3.8) is 0 Å². The van der Waals surface area contributed by atoms with Crippen molar-refractivity contribution in [3.05, 3.63) is 45.7 Å². The number of likely N-dealkylation sites (N-methyl/N-ethyl adjacent to an activating group) is 1. The third-order valence-electron chi connectivity index (χ3n) is 2.83. The third kappa shape index (κ3) is 3.59. The molecule has 0 aliphatic heterocycles. The van der Waals surface area contributed by atoms with Crippen LogP contribution in [0.3, 0.4) is 0 Å². The van der Waals surface area contributed by atoms with Crippen LogP contribution in [0.1, 0.15) is 19.6 Å². The highest BCUT2D eigenvalue weighted by molar-refractivity contribution is 14.1. The number of rotatable bonds is 5. The van der Waals surface area contributed by atoms with Crippen LogP contribution < -0.4 is 5.32 Å². The standard InChI is InChI=1S/C15H18INO/c1-3-17-11(2)9-14-7-8-15(18-14)12-5-4-6-13(16)10-12/h4-8,10-11,17H,3,9H2,1-2H3. The van der Waals surface area contributed by atoms with E-state index in [0.29, 0.717) is 6.04 Å². The highest BCUT2D eigenvalue weighted by Gasteiger charge is 2.08. The molecule has 0 radical (unpaired) electrons. The molecule has 2 nitrogen and oxygen atoms in total. The molecule has 1 N–H and O–H groups in total. The Morgan fingerprint density at radius 1 is 1.28 bits per heavy atom. The molecule has 18 heavy (non-hydrogen) atoms. The fraction of sp³-hybridized carbons (Fsp3) is 0.333. The normalized spacial score (nSPS) is 12.6. The van der Waals surface area contributed by atoms with Crippen molar-refractivity contribution in [1.29, 1.82) is 0 Å². The molecule has 2 rings (SSSR count). The summed E-state index contributed by atoms with van der Waals surface area (Å²) in [5.41, 5.74) is 1.14.